The molecular formula is C28H25NO2. The molecule has 0 spiro atoms. The first-order valence-electron chi connectivity index (χ1n) is 10.9. The smallest absolute Gasteiger partial charge is 0.303 e. The third-order valence-electron chi connectivity index (χ3n) is 5.95. The highest BCUT2D eigenvalue weighted by molar-refractivity contribution is 5.78. The summed E-state index contributed by atoms with van der Waals surface area (Å²) in [6.07, 6.45) is 3.09. The third kappa shape index (κ3) is 4.04. The standard InChI is InChI=1S/C28H25NO2/c30-27(31)17-14-20-8-7-13-24(18-20)29-26(22-11-5-2-6-12-22)19-25(28(29)23-15-16-23)21-9-3-1-4-10-21/h1-13,18-19,23H,14-17H2,(H,30,31). The summed E-state index contributed by atoms with van der Waals surface area (Å²) in [7, 11) is 0. The second-order valence-electron chi connectivity index (χ2n) is 8.23. The van der Waals surface area contributed by atoms with Crippen molar-refractivity contribution in [3.8, 4) is 28.1 Å². The number of aliphatic carboxylic acids is 1. The van der Waals surface area contributed by atoms with E-state index in [1.54, 1.807) is 0 Å². The summed E-state index contributed by atoms with van der Waals surface area (Å²) in [6, 6.07) is 31.8. The number of rotatable bonds is 7. The van der Waals surface area contributed by atoms with Gasteiger partial charge in [-0.25, -0.2) is 0 Å². The molecule has 31 heavy (non-hydrogen) atoms. The first kappa shape index (κ1) is 19.4. The maximum atomic E-state index is 11.1. The fourth-order valence-corrected chi connectivity index (χ4v) is 4.34. The molecule has 1 fully saturated rings. The van der Waals surface area contributed by atoms with Gasteiger partial charge in [0, 0.05) is 29.3 Å². The lowest BCUT2D eigenvalue weighted by Gasteiger charge is -2.16. The second kappa shape index (κ2) is 8.27. The SMILES string of the molecule is O=C(O)CCc1cccc(-n2c(-c3ccccc3)cc(-c3ccccc3)c2C2CC2)c1. The van der Waals surface area contributed by atoms with Crippen LogP contribution in [0.15, 0.2) is 91.0 Å². The molecule has 1 aliphatic rings. The Bertz CT molecular complexity index is 1200. The topological polar surface area (TPSA) is 42.2 Å². The Morgan fingerprint density at radius 3 is 2.16 bits per heavy atom. The van der Waals surface area contributed by atoms with Crippen molar-refractivity contribution < 1.29 is 9.90 Å². The molecule has 0 atom stereocenters. The maximum Gasteiger partial charge on any atom is 0.303 e. The molecule has 1 saturated carbocycles. The molecule has 1 heterocycles. The molecule has 3 aromatic carbocycles. The Balaban J connectivity index is 1.71. The van der Waals surface area contributed by atoms with Crippen LogP contribution in [0, 0.1) is 0 Å². The van der Waals surface area contributed by atoms with Crippen LogP contribution in [0.5, 0.6) is 0 Å². The average Bonchev–Trinajstić information content (AvgIpc) is 3.58. The van der Waals surface area contributed by atoms with E-state index in [0.29, 0.717) is 12.3 Å². The van der Waals surface area contributed by atoms with E-state index in [1.165, 1.54) is 40.9 Å². The first-order chi connectivity index (χ1) is 15.2. The molecule has 0 unspecified atom stereocenters. The maximum absolute atomic E-state index is 11.1. The highest BCUT2D eigenvalue weighted by Crippen LogP contribution is 2.48. The number of hydrogen-bond acceptors (Lipinski definition) is 1. The molecule has 0 saturated heterocycles. The third-order valence-corrected chi connectivity index (χ3v) is 5.95. The number of hydrogen-bond donors (Lipinski definition) is 1. The normalized spacial score (nSPS) is 13.3. The van der Waals surface area contributed by atoms with Crippen LogP contribution in [0.2, 0.25) is 0 Å². The number of carbonyl (C=O) groups is 1. The van der Waals surface area contributed by atoms with Gasteiger partial charge < -0.3 is 9.67 Å². The molecule has 3 nitrogen and oxygen atoms in total. The van der Waals surface area contributed by atoms with Gasteiger partial charge in [0.2, 0.25) is 0 Å². The zero-order chi connectivity index (χ0) is 21.2. The predicted molar refractivity (Wildman–Crippen MR) is 125 cm³/mol. The predicted octanol–water partition coefficient (Wildman–Crippen LogP) is 6.71. The van der Waals surface area contributed by atoms with Crippen molar-refractivity contribution in [2.75, 3.05) is 0 Å². The molecule has 0 amide bonds. The van der Waals surface area contributed by atoms with Crippen LogP contribution in [0.1, 0.15) is 36.4 Å². The van der Waals surface area contributed by atoms with E-state index in [4.69, 9.17) is 5.11 Å². The number of aromatic nitrogens is 1. The Kier molecular flexibility index (Phi) is 5.17. The van der Waals surface area contributed by atoms with Gasteiger partial charge in [0.1, 0.15) is 0 Å². The zero-order valence-electron chi connectivity index (χ0n) is 17.4. The molecule has 0 radical (unpaired) electrons. The van der Waals surface area contributed by atoms with E-state index in [1.807, 2.05) is 18.2 Å². The van der Waals surface area contributed by atoms with E-state index in [0.717, 1.165) is 11.3 Å². The minimum Gasteiger partial charge on any atom is -0.481 e. The van der Waals surface area contributed by atoms with Crippen LogP contribution >= 0.6 is 0 Å². The zero-order valence-corrected chi connectivity index (χ0v) is 17.4. The Morgan fingerprint density at radius 2 is 1.52 bits per heavy atom. The molecular weight excluding hydrogens is 382 g/mol. The van der Waals surface area contributed by atoms with Crippen molar-refractivity contribution in [3.05, 3.63) is 102 Å². The van der Waals surface area contributed by atoms with Crippen molar-refractivity contribution in [1.82, 2.24) is 4.57 Å². The fourth-order valence-electron chi connectivity index (χ4n) is 4.34. The second-order valence-corrected chi connectivity index (χ2v) is 8.23. The summed E-state index contributed by atoms with van der Waals surface area (Å²) in [5.41, 5.74) is 8.40. The van der Waals surface area contributed by atoms with E-state index >= 15 is 0 Å². The largest absolute Gasteiger partial charge is 0.481 e. The molecule has 1 aromatic heterocycles. The van der Waals surface area contributed by atoms with Crippen molar-refractivity contribution in [2.45, 2.75) is 31.6 Å². The van der Waals surface area contributed by atoms with Gasteiger partial charge >= 0.3 is 5.97 Å². The Hall–Kier alpha value is -3.59. The highest BCUT2D eigenvalue weighted by Gasteiger charge is 2.32. The lowest BCUT2D eigenvalue weighted by Crippen LogP contribution is -2.04. The summed E-state index contributed by atoms with van der Waals surface area (Å²) in [4.78, 5) is 11.1. The quantitative estimate of drug-likeness (QED) is 0.370. The monoisotopic (exact) mass is 407 g/mol. The van der Waals surface area contributed by atoms with Gasteiger partial charge in [-0.2, -0.15) is 0 Å². The summed E-state index contributed by atoms with van der Waals surface area (Å²) in [5.74, 6) is -0.211. The van der Waals surface area contributed by atoms with Gasteiger partial charge in [0.05, 0.1) is 5.69 Å². The van der Waals surface area contributed by atoms with Crippen molar-refractivity contribution >= 4 is 5.97 Å². The molecule has 3 heteroatoms. The number of carboxylic acid groups (broad SMARTS) is 1. The van der Waals surface area contributed by atoms with Crippen LogP contribution in [-0.2, 0) is 11.2 Å². The van der Waals surface area contributed by atoms with Crippen LogP contribution in [0.25, 0.3) is 28.1 Å². The minimum absolute atomic E-state index is 0.144. The molecule has 1 aliphatic carbocycles. The Labute approximate surface area is 182 Å². The lowest BCUT2D eigenvalue weighted by atomic mass is 10.0. The number of benzene rings is 3. The van der Waals surface area contributed by atoms with E-state index < -0.39 is 5.97 Å². The van der Waals surface area contributed by atoms with Crippen LogP contribution in [0.3, 0.4) is 0 Å². The van der Waals surface area contributed by atoms with Gasteiger partial charge in [-0.1, -0.05) is 72.8 Å². The fraction of sp³-hybridized carbons (Fsp3) is 0.179. The van der Waals surface area contributed by atoms with Gasteiger partial charge in [0.25, 0.3) is 0 Å². The average molecular weight is 408 g/mol. The Morgan fingerprint density at radius 1 is 0.839 bits per heavy atom. The molecule has 5 rings (SSSR count). The number of aryl methyl sites for hydroxylation is 1. The van der Waals surface area contributed by atoms with E-state index in [-0.39, 0.29) is 6.42 Å². The molecule has 0 bridgehead atoms. The summed E-state index contributed by atoms with van der Waals surface area (Å²) in [5, 5.41) is 9.10. The van der Waals surface area contributed by atoms with Gasteiger partial charge in [-0.15, -0.1) is 0 Å². The molecule has 0 aliphatic heterocycles. The van der Waals surface area contributed by atoms with Gasteiger partial charge in [-0.05, 0) is 54.2 Å². The minimum atomic E-state index is -0.763. The number of carboxylic acids is 1. The molecule has 4 aromatic rings. The van der Waals surface area contributed by atoms with E-state index in [2.05, 4.69) is 77.4 Å². The van der Waals surface area contributed by atoms with Crippen molar-refractivity contribution in [1.29, 1.82) is 0 Å². The van der Waals surface area contributed by atoms with Crippen molar-refractivity contribution in [2.24, 2.45) is 0 Å². The van der Waals surface area contributed by atoms with Gasteiger partial charge in [-0.3, -0.25) is 4.79 Å². The van der Waals surface area contributed by atoms with E-state index in [9.17, 15) is 4.79 Å². The molecule has 154 valence electrons. The van der Waals surface area contributed by atoms with Crippen LogP contribution < -0.4 is 0 Å². The van der Waals surface area contributed by atoms with Crippen LogP contribution in [0.4, 0.5) is 0 Å². The lowest BCUT2D eigenvalue weighted by molar-refractivity contribution is -0.136. The van der Waals surface area contributed by atoms with Crippen molar-refractivity contribution in [3.63, 3.8) is 0 Å². The summed E-state index contributed by atoms with van der Waals surface area (Å²) in [6.45, 7) is 0. The summed E-state index contributed by atoms with van der Waals surface area (Å²) >= 11 is 0. The first-order valence-corrected chi connectivity index (χ1v) is 10.9. The highest BCUT2D eigenvalue weighted by atomic mass is 16.4. The summed E-state index contributed by atoms with van der Waals surface area (Å²) < 4.78 is 2.40. The molecule has 1 N–H and O–H groups in total. The van der Waals surface area contributed by atoms with Crippen LogP contribution in [-0.4, -0.2) is 15.6 Å². The number of nitrogens with zero attached hydrogens (tertiary/aromatic N) is 1. The van der Waals surface area contributed by atoms with Gasteiger partial charge in [0.15, 0.2) is 0 Å².